The van der Waals surface area contributed by atoms with Gasteiger partial charge in [-0.3, -0.25) is 9.69 Å². The van der Waals surface area contributed by atoms with Crippen LogP contribution in [0.1, 0.15) is 12.5 Å². The van der Waals surface area contributed by atoms with Crippen molar-refractivity contribution in [3.63, 3.8) is 0 Å². The van der Waals surface area contributed by atoms with E-state index in [0.29, 0.717) is 10.6 Å². The Morgan fingerprint density at radius 2 is 1.78 bits per heavy atom. The fraction of sp³-hybridized carbons (Fsp3) is 0.188. The fourth-order valence-corrected chi connectivity index (χ4v) is 3.48. The van der Waals surface area contributed by atoms with Crippen molar-refractivity contribution in [3.8, 4) is 0 Å². The number of alkyl halides is 4. The largest absolute Gasteiger partial charge is 0.416 e. The summed E-state index contributed by atoms with van der Waals surface area (Å²) in [5.41, 5.74) is -0.0425. The lowest BCUT2D eigenvalue weighted by Gasteiger charge is -2.32. The van der Waals surface area contributed by atoms with E-state index < -0.39 is 23.0 Å². The van der Waals surface area contributed by atoms with E-state index >= 15 is 0 Å². The van der Waals surface area contributed by atoms with E-state index in [2.05, 4.69) is 0 Å². The number of carbonyl (C=O) groups excluding carboxylic acids is 1. The highest BCUT2D eigenvalue weighted by Gasteiger charge is 2.35. The number of hydrogen-bond acceptors (Lipinski definition) is 2. The molecule has 0 aromatic heterocycles. The first-order valence-corrected chi connectivity index (χ1v) is 8.00. The third-order valence-electron chi connectivity index (χ3n) is 3.41. The van der Waals surface area contributed by atoms with Crippen LogP contribution in [0.2, 0.25) is 0 Å². The molecule has 7 heteroatoms. The van der Waals surface area contributed by atoms with Gasteiger partial charge in [0.1, 0.15) is 5.38 Å². The molecular formula is C16H11ClF3NOS. The zero-order valence-electron chi connectivity index (χ0n) is 11.9. The Morgan fingerprint density at radius 1 is 1.13 bits per heavy atom. The third kappa shape index (κ3) is 2.93. The molecule has 2 aromatic rings. The van der Waals surface area contributed by atoms with Gasteiger partial charge in [0.05, 0.1) is 16.9 Å². The van der Waals surface area contributed by atoms with Crippen LogP contribution < -0.4 is 4.90 Å². The Labute approximate surface area is 140 Å². The van der Waals surface area contributed by atoms with Crippen molar-refractivity contribution in [1.29, 1.82) is 0 Å². The number of anilines is 2. The van der Waals surface area contributed by atoms with E-state index in [-0.39, 0.29) is 5.69 Å². The summed E-state index contributed by atoms with van der Waals surface area (Å²) >= 11 is 7.23. The minimum atomic E-state index is -4.47. The summed E-state index contributed by atoms with van der Waals surface area (Å²) in [6.45, 7) is 1.50. The van der Waals surface area contributed by atoms with Gasteiger partial charge < -0.3 is 0 Å². The lowest BCUT2D eigenvalue weighted by atomic mass is 10.1. The predicted molar refractivity (Wildman–Crippen MR) is 84.5 cm³/mol. The minimum absolute atomic E-state index is 0.209. The number of rotatable bonds is 1. The first-order valence-electron chi connectivity index (χ1n) is 6.75. The van der Waals surface area contributed by atoms with Crippen LogP contribution in [-0.2, 0) is 11.0 Å². The molecule has 2 nitrogen and oxygen atoms in total. The number of halogens is 4. The summed E-state index contributed by atoms with van der Waals surface area (Å²) < 4.78 is 39.0. The highest BCUT2D eigenvalue weighted by atomic mass is 35.5. The van der Waals surface area contributed by atoms with Crippen LogP contribution in [0.15, 0.2) is 52.3 Å². The molecule has 0 saturated carbocycles. The van der Waals surface area contributed by atoms with Gasteiger partial charge in [0.2, 0.25) is 5.91 Å². The van der Waals surface area contributed by atoms with Crippen LogP contribution in [-0.4, -0.2) is 11.3 Å². The van der Waals surface area contributed by atoms with Gasteiger partial charge in [-0.25, -0.2) is 0 Å². The van der Waals surface area contributed by atoms with Crippen molar-refractivity contribution < 1.29 is 18.0 Å². The second-order valence-electron chi connectivity index (χ2n) is 5.04. The number of amides is 1. The van der Waals surface area contributed by atoms with Gasteiger partial charge in [0.25, 0.3) is 0 Å². The number of para-hydroxylation sites is 1. The summed E-state index contributed by atoms with van der Waals surface area (Å²) in [4.78, 5) is 15.1. The van der Waals surface area contributed by atoms with Crippen molar-refractivity contribution in [3.05, 3.63) is 48.0 Å². The monoisotopic (exact) mass is 357 g/mol. The molecule has 0 aliphatic carbocycles. The second kappa shape index (κ2) is 5.76. The Kier molecular flexibility index (Phi) is 4.06. The first-order chi connectivity index (χ1) is 10.8. The smallest absolute Gasteiger partial charge is 0.277 e. The highest BCUT2D eigenvalue weighted by molar-refractivity contribution is 7.99. The second-order valence-corrected chi connectivity index (χ2v) is 6.78. The van der Waals surface area contributed by atoms with Crippen molar-refractivity contribution in [2.45, 2.75) is 28.3 Å². The number of fused-ring (bicyclic) bond motifs is 2. The molecule has 23 heavy (non-hydrogen) atoms. The van der Waals surface area contributed by atoms with Crippen LogP contribution in [0.3, 0.4) is 0 Å². The zero-order chi connectivity index (χ0) is 16.8. The average Bonchev–Trinajstić information content (AvgIpc) is 2.50. The molecule has 0 N–H and O–H groups in total. The quantitative estimate of drug-likeness (QED) is 0.631. The summed E-state index contributed by atoms with van der Waals surface area (Å²) in [5.74, 6) is -0.458. The highest BCUT2D eigenvalue weighted by Crippen LogP contribution is 2.49. The summed E-state index contributed by atoms with van der Waals surface area (Å²) in [6.07, 6.45) is -4.47. The Morgan fingerprint density at radius 3 is 2.43 bits per heavy atom. The van der Waals surface area contributed by atoms with Crippen LogP contribution in [0.4, 0.5) is 24.5 Å². The molecule has 1 amide bonds. The maximum Gasteiger partial charge on any atom is 0.416 e. The van der Waals surface area contributed by atoms with Gasteiger partial charge in [-0.1, -0.05) is 23.9 Å². The zero-order valence-corrected chi connectivity index (χ0v) is 13.5. The van der Waals surface area contributed by atoms with Gasteiger partial charge in [-0.15, -0.1) is 11.6 Å². The van der Waals surface area contributed by atoms with Gasteiger partial charge >= 0.3 is 6.18 Å². The molecule has 1 atom stereocenters. The molecule has 1 heterocycles. The average molecular weight is 358 g/mol. The van der Waals surface area contributed by atoms with E-state index in [1.807, 2.05) is 12.1 Å². The van der Waals surface area contributed by atoms with Gasteiger partial charge in [0.15, 0.2) is 0 Å². The molecule has 0 saturated heterocycles. The van der Waals surface area contributed by atoms with Gasteiger partial charge in [-0.05, 0) is 37.3 Å². The lowest BCUT2D eigenvalue weighted by Crippen LogP contribution is -2.33. The first kappa shape index (κ1) is 16.2. The van der Waals surface area contributed by atoms with E-state index in [4.69, 9.17) is 11.6 Å². The fourth-order valence-electron chi connectivity index (χ4n) is 2.35. The Hall–Kier alpha value is -1.66. The third-order valence-corrected chi connectivity index (χ3v) is 4.73. The normalized spacial score (nSPS) is 14.9. The molecule has 2 aromatic carbocycles. The van der Waals surface area contributed by atoms with Crippen molar-refractivity contribution in [2.75, 3.05) is 4.90 Å². The van der Waals surface area contributed by atoms with Gasteiger partial charge in [0, 0.05) is 9.79 Å². The minimum Gasteiger partial charge on any atom is -0.277 e. The Balaban J connectivity index is 2.20. The van der Waals surface area contributed by atoms with E-state index in [9.17, 15) is 18.0 Å². The summed E-state index contributed by atoms with van der Waals surface area (Å²) in [7, 11) is 0. The number of benzene rings is 2. The standard InChI is InChI=1S/C16H11ClF3NOS/c1-9(17)15(22)21-11-4-2-3-5-13(11)23-14-7-6-10(8-12(14)21)16(18,19)20/h2-9H,1H3. The topological polar surface area (TPSA) is 20.3 Å². The maximum atomic E-state index is 13.0. The molecule has 1 aliphatic rings. The molecule has 120 valence electrons. The van der Waals surface area contributed by atoms with Gasteiger partial charge in [-0.2, -0.15) is 13.2 Å². The molecule has 1 aliphatic heterocycles. The van der Waals surface area contributed by atoms with Crippen molar-refractivity contribution in [2.24, 2.45) is 0 Å². The van der Waals surface area contributed by atoms with Crippen molar-refractivity contribution >= 4 is 40.6 Å². The Bertz CT molecular complexity index is 776. The predicted octanol–water partition coefficient (Wildman–Crippen LogP) is 5.46. The van der Waals surface area contributed by atoms with E-state index in [1.54, 1.807) is 12.1 Å². The molecule has 3 rings (SSSR count). The molecule has 0 spiro atoms. The lowest BCUT2D eigenvalue weighted by molar-refractivity contribution is -0.137. The molecule has 1 unspecified atom stereocenters. The van der Waals surface area contributed by atoms with E-state index in [0.717, 1.165) is 17.0 Å². The van der Waals surface area contributed by atoms with E-state index in [1.165, 1.54) is 29.7 Å². The molecular weight excluding hydrogens is 347 g/mol. The van der Waals surface area contributed by atoms with Crippen LogP contribution in [0.25, 0.3) is 0 Å². The summed E-state index contributed by atoms with van der Waals surface area (Å²) in [5, 5.41) is -0.853. The number of nitrogens with zero attached hydrogens (tertiary/aromatic N) is 1. The number of carbonyl (C=O) groups is 1. The number of hydrogen-bond donors (Lipinski definition) is 0. The molecule has 0 fully saturated rings. The van der Waals surface area contributed by atoms with Crippen LogP contribution in [0.5, 0.6) is 0 Å². The summed E-state index contributed by atoms with van der Waals surface area (Å²) in [6, 6.07) is 10.5. The van der Waals surface area contributed by atoms with Crippen LogP contribution in [0, 0.1) is 0 Å². The maximum absolute atomic E-state index is 13.0. The SMILES string of the molecule is CC(Cl)C(=O)N1c2ccccc2Sc2ccc(C(F)(F)F)cc21. The van der Waals surface area contributed by atoms with Crippen LogP contribution >= 0.6 is 23.4 Å². The molecule has 0 radical (unpaired) electrons. The molecule has 0 bridgehead atoms. The van der Waals surface area contributed by atoms with Crippen molar-refractivity contribution in [1.82, 2.24) is 0 Å².